The molecule has 0 bridgehead atoms. The molecule has 6 nitrogen and oxygen atoms in total. The number of amides is 3. The molecule has 0 aromatic heterocycles. The highest BCUT2D eigenvalue weighted by Gasteiger charge is 2.27. The van der Waals surface area contributed by atoms with Crippen LogP contribution in [0.3, 0.4) is 0 Å². The third kappa shape index (κ3) is 4.57. The second kappa shape index (κ2) is 8.69. The van der Waals surface area contributed by atoms with Gasteiger partial charge in [0.25, 0.3) is 5.91 Å². The van der Waals surface area contributed by atoms with Crippen LogP contribution in [0.15, 0.2) is 48.5 Å². The number of benzene rings is 2. The number of piperidine rings is 1. The van der Waals surface area contributed by atoms with Gasteiger partial charge in [0.2, 0.25) is 11.8 Å². The molecule has 28 heavy (non-hydrogen) atoms. The summed E-state index contributed by atoms with van der Waals surface area (Å²) < 4.78 is 0. The molecule has 0 unspecified atom stereocenters. The molecule has 2 aromatic rings. The SMILES string of the molecule is Cc1ccccc1CC(=O)Nc1ccccc1C(=O)N1CCC(C(N)=O)CC1. The Morgan fingerprint density at radius 2 is 1.68 bits per heavy atom. The van der Waals surface area contributed by atoms with Crippen molar-refractivity contribution in [1.29, 1.82) is 0 Å². The Morgan fingerprint density at radius 1 is 1.04 bits per heavy atom. The van der Waals surface area contributed by atoms with Crippen LogP contribution < -0.4 is 11.1 Å². The molecular weight excluding hydrogens is 354 g/mol. The second-order valence-corrected chi connectivity index (χ2v) is 7.17. The fourth-order valence-electron chi connectivity index (χ4n) is 3.49. The van der Waals surface area contributed by atoms with Crippen molar-refractivity contribution in [2.45, 2.75) is 26.2 Å². The zero-order valence-electron chi connectivity index (χ0n) is 16.0. The highest BCUT2D eigenvalue weighted by atomic mass is 16.2. The van der Waals surface area contributed by atoms with Crippen LogP contribution in [-0.4, -0.2) is 35.7 Å². The van der Waals surface area contributed by atoms with Gasteiger partial charge in [-0.2, -0.15) is 0 Å². The maximum absolute atomic E-state index is 12.9. The first-order valence-electron chi connectivity index (χ1n) is 9.47. The van der Waals surface area contributed by atoms with Crippen molar-refractivity contribution in [2.24, 2.45) is 11.7 Å². The fraction of sp³-hybridized carbons (Fsp3) is 0.318. The second-order valence-electron chi connectivity index (χ2n) is 7.17. The van der Waals surface area contributed by atoms with Crippen molar-refractivity contribution in [3.8, 4) is 0 Å². The fourth-order valence-corrected chi connectivity index (χ4v) is 3.49. The zero-order valence-corrected chi connectivity index (χ0v) is 16.0. The molecule has 3 amide bonds. The molecule has 2 aromatic carbocycles. The van der Waals surface area contributed by atoms with E-state index in [2.05, 4.69) is 5.32 Å². The first kappa shape index (κ1) is 19.6. The number of para-hydroxylation sites is 1. The Labute approximate surface area is 164 Å². The monoisotopic (exact) mass is 379 g/mol. The third-order valence-corrected chi connectivity index (χ3v) is 5.23. The summed E-state index contributed by atoms with van der Waals surface area (Å²) in [4.78, 5) is 38.5. The molecule has 6 heteroatoms. The summed E-state index contributed by atoms with van der Waals surface area (Å²) in [6.45, 7) is 2.94. The Kier molecular flexibility index (Phi) is 6.09. The standard InChI is InChI=1S/C22H25N3O3/c1-15-6-2-3-7-17(15)14-20(26)24-19-9-5-4-8-18(19)22(28)25-12-10-16(11-13-25)21(23)27/h2-9,16H,10-14H2,1H3,(H2,23,27)(H,24,26). The Hall–Kier alpha value is -3.15. The molecule has 1 heterocycles. The summed E-state index contributed by atoms with van der Waals surface area (Å²) in [6.07, 6.45) is 1.39. The van der Waals surface area contributed by atoms with E-state index in [9.17, 15) is 14.4 Å². The Morgan fingerprint density at radius 3 is 2.36 bits per heavy atom. The van der Waals surface area contributed by atoms with E-state index < -0.39 is 0 Å². The molecule has 0 radical (unpaired) electrons. The molecule has 1 fully saturated rings. The van der Waals surface area contributed by atoms with Gasteiger partial charge in [0, 0.05) is 19.0 Å². The minimum atomic E-state index is -0.309. The Bertz CT molecular complexity index is 886. The van der Waals surface area contributed by atoms with Crippen molar-refractivity contribution in [3.63, 3.8) is 0 Å². The molecule has 3 rings (SSSR count). The molecule has 3 N–H and O–H groups in total. The van der Waals surface area contributed by atoms with Crippen LogP contribution in [-0.2, 0) is 16.0 Å². The number of primary amides is 1. The number of hydrogen-bond donors (Lipinski definition) is 2. The van der Waals surface area contributed by atoms with Gasteiger partial charge in [-0.3, -0.25) is 14.4 Å². The van der Waals surface area contributed by atoms with Crippen LogP contribution in [0.4, 0.5) is 5.69 Å². The van der Waals surface area contributed by atoms with Gasteiger partial charge >= 0.3 is 0 Å². The van der Waals surface area contributed by atoms with Crippen LogP contribution in [0.1, 0.15) is 34.3 Å². The largest absolute Gasteiger partial charge is 0.369 e. The number of nitrogens with two attached hydrogens (primary N) is 1. The Balaban J connectivity index is 1.69. The highest BCUT2D eigenvalue weighted by Crippen LogP contribution is 2.22. The topological polar surface area (TPSA) is 92.5 Å². The lowest BCUT2D eigenvalue weighted by atomic mass is 9.95. The molecule has 0 aliphatic carbocycles. The summed E-state index contributed by atoms with van der Waals surface area (Å²) in [5.41, 5.74) is 8.33. The van der Waals surface area contributed by atoms with Gasteiger partial charge in [-0.25, -0.2) is 0 Å². The molecule has 1 saturated heterocycles. The molecule has 0 spiro atoms. The first-order chi connectivity index (χ1) is 13.5. The number of rotatable bonds is 5. The molecule has 1 aliphatic rings. The van der Waals surface area contributed by atoms with E-state index in [1.54, 1.807) is 29.2 Å². The molecular formula is C22H25N3O3. The lowest BCUT2D eigenvalue weighted by Gasteiger charge is -2.31. The maximum Gasteiger partial charge on any atom is 0.255 e. The normalized spacial score (nSPS) is 14.5. The van der Waals surface area contributed by atoms with E-state index >= 15 is 0 Å². The van der Waals surface area contributed by atoms with E-state index in [1.165, 1.54) is 0 Å². The van der Waals surface area contributed by atoms with Gasteiger partial charge in [0.15, 0.2) is 0 Å². The summed E-state index contributed by atoms with van der Waals surface area (Å²) in [5, 5.41) is 2.87. The molecule has 0 atom stereocenters. The lowest BCUT2D eigenvalue weighted by Crippen LogP contribution is -2.42. The van der Waals surface area contributed by atoms with Gasteiger partial charge in [0.05, 0.1) is 17.7 Å². The molecule has 146 valence electrons. The molecule has 0 saturated carbocycles. The number of carbonyl (C=O) groups is 3. The van der Waals surface area contributed by atoms with Crippen LogP contribution >= 0.6 is 0 Å². The minimum absolute atomic E-state index is 0.144. The van der Waals surface area contributed by atoms with Crippen molar-refractivity contribution < 1.29 is 14.4 Å². The molecule has 1 aliphatic heterocycles. The van der Waals surface area contributed by atoms with Gasteiger partial charge in [0.1, 0.15) is 0 Å². The quantitative estimate of drug-likeness (QED) is 0.836. The van der Waals surface area contributed by atoms with Gasteiger partial charge in [-0.05, 0) is 43.0 Å². The lowest BCUT2D eigenvalue weighted by molar-refractivity contribution is -0.123. The van der Waals surface area contributed by atoms with E-state index in [4.69, 9.17) is 5.73 Å². The minimum Gasteiger partial charge on any atom is -0.369 e. The average molecular weight is 379 g/mol. The number of aryl methyl sites for hydroxylation is 1. The van der Waals surface area contributed by atoms with Gasteiger partial charge < -0.3 is 16.0 Å². The van der Waals surface area contributed by atoms with E-state index in [0.29, 0.717) is 37.2 Å². The first-order valence-corrected chi connectivity index (χ1v) is 9.47. The van der Waals surface area contributed by atoms with Crippen molar-refractivity contribution in [3.05, 3.63) is 65.2 Å². The summed E-state index contributed by atoms with van der Waals surface area (Å²) in [5.74, 6) is -0.791. The average Bonchev–Trinajstić information content (AvgIpc) is 2.69. The highest BCUT2D eigenvalue weighted by molar-refractivity contribution is 6.04. The number of anilines is 1. The summed E-state index contributed by atoms with van der Waals surface area (Å²) >= 11 is 0. The summed E-state index contributed by atoms with van der Waals surface area (Å²) in [7, 11) is 0. The summed E-state index contributed by atoms with van der Waals surface area (Å²) in [6, 6.07) is 14.8. The maximum atomic E-state index is 12.9. The van der Waals surface area contributed by atoms with Crippen LogP contribution in [0.25, 0.3) is 0 Å². The number of nitrogens with zero attached hydrogens (tertiary/aromatic N) is 1. The van der Waals surface area contributed by atoms with E-state index in [-0.39, 0.29) is 30.1 Å². The van der Waals surface area contributed by atoms with Crippen LogP contribution in [0.2, 0.25) is 0 Å². The zero-order chi connectivity index (χ0) is 20.1. The van der Waals surface area contributed by atoms with Crippen molar-refractivity contribution in [1.82, 2.24) is 4.90 Å². The van der Waals surface area contributed by atoms with Gasteiger partial charge in [-0.1, -0.05) is 36.4 Å². The van der Waals surface area contributed by atoms with E-state index in [1.807, 2.05) is 31.2 Å². The van der Waals surface area contributed by atoms with Crippen molar-refractivity contribution >= 4 is 23.4 Å². The number of nitrogens with one attached hydrogen (secondary N) is 1. The van der Waals surface area contributed by atoms with Crippen molar-refractivity contribution in [2.75, 3.05) is 18.4 Å². The third-order valence-electron chi connectivity index (χ3n) is 5.23. The number of carbonyl (C=O) groups excluding carboxylic acids is 3. The van der Waals surface area contributed by atoms with E-state index in [0.717, 1.165) is 11.1 Å². The van der Waals surface area contributed by atoms with Gasteiger partial charge in [-0.15, -0.1) is 0 Å². The van der Waals surface area contributed by atoms with Crippen LogP contribution in [0.5, 0.6) is 0 Å². The number of hydrogen-bond acceptors (Lipinski definition) is 3. The predicted molar refractivity (Wildman–Crippen MR) is 108 cm³/mol. The smallest absolute Gasteiger partial charge is 0.255 e. The number of likely N-dealkylation sites (tertiary alicyclic amines) is 1. The van der Waals surface area contributed by atoms with Crippen LogP contribution in [0, 0.1) is 12.8 Å². The predicted octanol–water partition coefficient (Wildman–Crippen LogP) is 2.51.